The van der Waals surface area contributed by atoms with Gasteiger partial charge in [-0.25, -0.2) is 4.98 Å². The zero-order valence-electron chi connectivity index (χ0n) is 10.8. The summed E-state index contributed by atoms with van der Waals surface area (Å²) in [4.78, 5) is 10.5. The molecule has 0 spiro atoms. The molecule has 0 saturated carbocycles. The van der Waals surface area contributed by atoms with E-state index >= 15 is 0 Å². The first-order valence-corrected chi connectivity index (χ1v) is 6.76. The van der Waals surface area contributed by atoms with Gasteiger partial charge in [0.05, 0.1) is 11.0 Å². The van der Waals surface area contributed by atoms with Crippen LogP contribution >= 0.6 is 0 Å². The van der Waals surface area contributed by atoms with E-state index in [1.165, 1.54) is 25.7 Å². The summed E-state index contributed by atoms with van der Waals surface area (Å²) in [7, 11) is 0. The van der Waals surface area contributed by atoms with Crippen LogP contribution in [0.4, 0.5) is 11.6 Å². The molecule has 1 saturated heterocycles. The van der Waals surface area contributed by atoms with Crippen molar-refractivity contribution < 1.29 is 0 Å². The largest absolute Gasteiger partial charge is 0.399 e. The van der Waals surface area contributed by atoms with Gasteiger partial charge in [-0.05, 0) is 38.0 Å². The molecule has 3 rings (SSSR count). The number of aromatic nitrogens is 2. The maximum Gasteiger partial charge on any atom is 0.204 e. The van der Waals surface area contributed by atoms with Crippen molar-refractivity contribution in [2.45, 2.75) is 38.6 Å². The summed E-state index contributed by atoms with van der Waals surface area (Å²) in [6, 6.07) is 6.39. The Morgan fingerprint density at radius 1 is 1.33 bits per heavy atom. The van der Waals surface area contributed by atoms with Crippen LogP contribution in [0.1, 0.15) is 32.6 Å². The molecule has 1 aliphatic rings. The predicted octanol–water partition coefficient (Wildman–Crippen LogP) is 2.91. The molecule has 18 heavy (non-hydrogen) atoms. The summed E-state index contributed by atoms with van der Waals surface area (Å²) in [5.41, 5.74) is 8.61. The van der Waals surface area contributed by atoms with Crippen LogP contribution < -0.4 is 10.6 Å². The fraction of sp³-hybridized carbons (Fsp3) is 0.500. The van der Waals surface area contributed by atoms with Gasteiger partial charge in [0.25, 0.3) is 0 Å². The van der Waals surface area contributed by atoms with Gasteiger partial charge in [0.1, 0.15) is 0 Å². The van der Waals surface area contributed by atoms with E-state index in [9.17, 15) is 0 Å². The van der Waals surface area contributed by atoms with Gasteiger partial charge in [-0.3, -0.25) is 0 Å². The summed E-state index contributed by atoms with van der Waals surface area (Å²) in [5, 5.41) is 0. The Morgan fingerprint density at radius 3 is 3.11 bits per heavy atom. The first-order chi connectivity index (χ1) is 8.74. The van der Waals surface area contributed by atoms with Crippen LogP contribution in [-0.4, -0.2) is 22.6 Å². The van der Waals surface area contributed by atoms with Gasteiger partial charge >= 0.3 is 0 Å². The number of H-pyrrole nitrogens is 1. The number of aromatic amines is 1. The Balaban J connectivity index is 1.97. The Kier molecular flexibility index (Phi) is 2.86. The highest BCUT2D eigenvalue weighted by molar-refractivity contribution is 5.80. The highest BCUT2D eigenvalue weighted by atomic mass is 15.3. The maximum absolute atomic E-state index is 5.80. The highest BCUT2D eigenvalue weighted by Crippen LogP contribution is 2.24. The number of hydrogen-bond acceptors (Lipinski definition) is 3. The fourth-order valence-corrected chi connectivity index (χ4v) is 2.74. The summed E-state index contributed by atoms with van der Waals surface area (Å²) < 4.78 is 0. The standard InChI is InChI=1S/C14H20N4/c1-10-5-3-2-4-8-18(10)14-16-12-7-6-11(15)9-13(12)17-14/h6-7,9-10H,2-5,8,15H2,1H3,(H,16,17). The molecule has 4 heteroatoms. The molecule has 1 fully saturated rings. The van der Waals surface area contributed by atoms with Gasteiger partial charge in [0.15, 0.2) is 0 Å². The van der Waals surface area contributed by atoms with E-state index in [1.54, 1.807) is 0 Å². The number of imidazole rings is 1. The van der Waals surface area contributed by atoms with Gasteiger partial charge in [-0.2, -0.15) is 0 Å². The van der Waals surface area contributed by atoms with Gasteiger partial charge in [-0.1, -0.05) is 12.8 Å². The molecule has 1 aliphatic heterocycles. The Hall–Kier alpha value is -1.71. The molecule has 2 aromatic rings. The van der Waals surface area contributed by atoms with Crippen molar-refractivity contribution in [3.63, 3.8) is 0 Å². The lowest BCUT2D eigenvalue weighted by Gasteiger charge is -2.26. The van der Waals surface area contributed by atoms with Crippen LogP contribution in [0.2, 0.25) is 0 Å². The van der Waals surface area contributed by atoms with Crippen molar-refractivity contribution in [3.05, 3.63) is 18.2 Å². The molecule has 1 aromatic carbocycles. The normalized spacial score (nSPS) is 21.2. The number of nitrogens with two attached hydrogens (primary N) is 1. The van der Waals surface area contributed by atoms with Gasteiger partial charge in [0, 0.05) is 18.3 Å². The van der Waals surface area contributed by atoms with Crippen LogP contribution in [0.3, 0.4) is 0 Å². The molecule has 1 aromatic heterocycles. The average molecular weight is 244 g/mol. The molecule has 2 heterocycles. The van der Waals surface area contributed by atoms with Crippen LogP contribution in [0.25, 0.3) is 11.0 Å². The molecule has 96 valence electrons. The highest BCUT2D eigenvalue weighted by Gasteiger charge is 2.19. The van der Waals surface area contributed by atoms with Gasteiger partial charge in [-0.15, -0.1) is 0 Å². The van der Waals surface area contributed by atoms with E-state index in [1.807, 2.05) is 18.2 Å². The number of nitrogens with one attached hydrogen (secondary N) is 1. The third-order valence-corrected chi connectivity index (χ3v) is 3.82. The molecule has 0 bridgehead atoms. The molecule has 0 amide bonds. The first-order valence-electron chi connectivity index (χ1n) is 6.76. The summed E-state index contributed by atoms with van der Waals surface area (Å²) in [5.74, 6) is 0.991. The molecule has 3 N–H and O–H groups in total. The van der Waals surface area contributed by atoms with Crippen molar-refractivity contribution in [2.24, 2.45) is 0 Å². The van der Waals surface area contributed by atoms with E-state index in [-0.39, 0.29) is 0 Å². The topological polar surface area (TPSA) is 57.9 Å². The summed E-state index contributed by atoms with van der Waals surface area (Å²) in [6.07, 6.45) is 5.15. The average Bonchev–Trinajstić information content (AvgIpc) is 2.63. The molecular weight excluding hydrogens is 224 g/mol. The van der Waals surface area contributed by atoms with Gasteiger partial charge < -0.3 is 15.6 Å². The molecule has 0 radical (unpaired) electrons. The monoisotopic (exact) mass is 244 g/mol. The predicted molar refractivity (Wildman–Crippen MR) is 75.8 cm³/mol. The minimum absolute atomic E-state index is 0.561. The maximum atomic E-state index is 5.80. The Morgan fingerprint density at radius 2 is 2.22 bits per heavy atom. The molecule has 1 unspecified atom stereocenters. The fourth-order valence-electron chi connectivity index (χ4n) is 2.74. The lowest BCUT2D eigenvalue weighted by Crippen LogP contribution is -2.33. The Labute approximate surface area is 107 Å². The second-order valence-electron chi connectivity index (χ2n) is 5.23. The molecule has 4 nitrogen and oxygen atoms in total. The van der Waals surface area contributed by atoms with Crippen molar-refractivity contribution in [1.82, 2.24) is 9.97 Å². The second-order valence-corrected chi connectivity index (χ2v) is 5.23. The zero-order valence-corrected chi connectivity index (χ0v) is 10.8. The lowest BCUT2D eigenvalue weighted by atomic mass is 10.1. The van der Waals surface area contributed by atoms with E-state index in [0.717, 1.165) is 29.2 Å². The number of fused-ring (bicyclic) bond motifs is 1. The number of benzene rings is 1. The number of rotatable bonds is 1. The minimum Gasteiger partial charge on any atom is -0.399 e. The number of anilines is 2. The Bertz CT molecular complexity index is 546. The van der Waals surface area contributed by atoms with Gasteiger partial charge in [0.2, 0.25) is 5.95 Å². The number of hydrogen-bond donors (Lipinski definition) is 2. The number of nitrogen functional groups attached to an aromatic ring is 1. The van der Waals surface area contributed by atoms with Crippen LogP contribution in [-0.2, 0) is 0 Å². The van der Waals surface area contributed by atoms with Crippen molar-refractivity contribution in [3.8, 4) is 0 Å². The third-order valence-electron chi connectivity index (χ3n) is 3.82. The second kappa shape index (κ2) is 4.52. The van der Waals surface area contributed by atoms with Crippen LogP contribution in [0.15, 0.2) is 18.2 Å². The SMILES string of the molecule is CC1CCCCCN1c1nc2ccc(N)cc2[nH]1. The molecule has 0 aliphatic carbocycles. The smallest absolute Gasteiger partial charge is 0.204 e. The summed E-state index contributed by atoms with van der Waals surface area (Å²) >= 11 is 0. The van der Waals surface area contributed by atoms with E-state index in [0.29, 0.717) is 6.04 Å². The van der Waals surface area contributed by atoms with E-state index in [2.05, 4.69) is 21.8 Å². The van der Waals surface area contributed by atoms with Crippen molar-refractivity contribution in [1.29, 1.82) is 0 Å². The quantitative estimate of drug-likeness (QED) is 0.758. The summed E-state index contributed by atoms with van der Waals surface area (Å²) in [6.45, 7) is 3.38. The zero-order chi connectivity index (χ0) is 12.5. The molecule has 1 atom stereocenters. The van der Waals surface area contributed by atoms with Crippen LogP contribution in [0.5, 0.6) is 0 Å². The molecular formula is C14H20N4. The third kappa shape index (κ3) is 2.03. The van der Waals surface area contributed by atoms with E-state index in [4.69, 9.17) is 5.73 Å². The minimum atomic E-state index is 0.561. The number of nitrogens with zero attached hydrogens (tertiary/aromatic N) is 2. The van der Waals surface area contributed by atoms with Crippen molar-refractivity contribution >= 4 is 22.7 Å². The van der Waals surface area contributed by atoms with Crippen molar-refractivity contribution in [2.75, 3.05) is 17.2 Å². The first kappa shape index (κ1) is 11.4. The van der Waals surface area contributed by atoms with Crippen LogP contribution in [0, 0.1) is 0 Å². The van der Waals surface area contributed by atoms with E-state index < -0.39 is 0 Å². The lowest BCUT2D eigenvalue weighted by molar-refractivity contribution is 0.608.